The zero-order valence-electron chi connectivity index (χ0n) is 16.3. The highest BCUT2D eigenvalue weighted by atomic mass is 19.1. The SMILES string of the molecule is CN1C(=O)CCC1CC(=O)N1CCCCCC(NC(=O)C2(CF)CCC2)C1. The summed E-state index contributed by atoms with van der Waals surface area (Å²) in [6, 6.07) is -0.137. The predicted molar refractivity (Wildman–Crippen MR) is 99.6 cm³/mol. The van der Waals surface area contributed by atoms with Crippen LogP contribution in [0.25, 0.3) is 0 Å². The van der Waals surface area contributed by atoms with Gasteiger partial charge < -0.3 is 15.1 Å². The van der Waals surface area contributed by atoms with Crippen LogP contribution in [0.1, 0.15) is 64.2 Å². The Morgan fingerprint density at radius 1 is 1.19 bits per heavy atom. The molecule has 0 radical (unpaired) electrons. The van der Waals surface area contributed by atoms with Gasteiger partial charge in [-0.15, -0.1) is 0 Å². The molecule has 0 bridgehead atoms. The van der Waals surface area contributed by atoms with Crippen molar-refractivity contribution in [2.75, 3.05) is 26.8 Å². The molecule has 152 valence electrons. The first-order chi connectivity index (χ1) is 12.9. The van der Waals surface area contributed by atoms with Gasteiger partial charge in [0.1, 0.15) is 6.67 Å². The number of rotatable bonds is 5. The maximum atomic E-state index is 13.4. The minimum absolute atomic E-state index is 0.0201. The highest BCUT2D eigenvalue weighted by molar-refractivity contribution is 5.84. The number of alkyl halides is 1. The maximum absolute atomic E-state index is 13.4. The molecule has 3 amide bonds. The summed E-state index contributed by atoms with van der Waals surface area (Å²) in [7, 11) is 1.76. The van der Waals surface area contributed by atoms with E-state index in [0.717, 1.165) is 38.5 Å². The fourth-order valence-corrected chi connectivity index (χ4v) is 4.46. The number of carbonyl (C=O) groups excluding carboxylic acids is 3. The zero-order chi connectivity index (χ0) is 19.4. The lowest BCUT2D eigenvalue weighted by Gasteiger charge is -2.40. The molecule has 2 unspecified atom stereocenters. The second kappa shape index (κ2) is 8.57. The van der Waals surface area contributed by atoms with Crippen LogP contribution in [0.5, 0.6) is 0 Å². The Morgan fingerprint density at radius 3 is 2.56 bits per heavy atom. The summed E-state index contributed by atoms with van der Waals surface area (Å²) in [5, 5.41) is 3.04. The third-order valence-electron chi connectivity index (χ3n) is 6.70. The summed E-state index contributed by atoms with van der Waals surface area (Å²) in [4.78, 5) is 40.6. The van der Waals surface area contributed by atoms with Crippen LogP contribution in [0, 0.1) is 5.41 Å². The van der Waals surface area contributed by atoms with Crippen LogP contribution in [0.15, 0.2) is 0 Å². The van der Waals surface area contributed by atoms with E-state index in [9.17, 15) is 18.8 Å². The first-order valence-corrected chi connectivity index (χ1v) is 10.4. The van der Waals surface area contributed by atoms with Crippen LogP contribution in [0.2, 0.25) is 0 Å². The molecule has 2 saturated heterocycles. The van der Waals surface area contributed by atoms with Crippen LogP contribution in [-0.2, 0) is 14.4 Å². The van der Waals surface area contributed by atoms with E-state index in [0.29, 0.717) is 38.8 Å². The maximum Gasteiger partial charge on any atom is 0.229 e. The molecule has 1 aliphatic carbocycles. The average molecular weight is 381 g/mol. The van der Waals surface area contributed by atoms with Gasteiger partial charge in [-0.3, -0.25) is 14.4 Å². The van der Waals surface area contributed by atoms with Crippen molar-refractivity contribution >= 4 is 17.7 Å². The van der Waals surface area contributed by atoms with Crippen molar-refractivity contribution in [1.29, 1.82) is 0 Å². The van der Waals surface area contributed by atoms with Crippen molar-refractivity contribution in [3.8, 4) is 0 Å². The van der Waals surface area contributed by atoms with Gasteiger partial charge in [0.15, 0.2) is 0 Å². The Bertz CT molecular complexity index is 573. The molecule has 27 heavy (non-hydrogen) atoms. The van der Waals surface area contributed by atoms with Gasteiger partial charge >= 0.3 is 0 Å². The molecular formula is C20H32FN3O3. The van der Waals surface area contributed by atoms with Crippen molar-refractivity contribution in [1.82, 2.24) is 15.1 Å². The minimum Gasteiger partial charge on any atom is -0.351 e. The van der Waals surface area contributed by atoms with E-state index in [1.165, 1.54) is 0 Å². The van der Waals surface area contributed by atoms with Crippen molar-refractivity contribution in [3.63, 3.8) is 0 Å². The number of likely N-dealkylation sites (tertiary alicyclic amines) is 2. The fourth-order valence-electron chi connectivity index (χ4n) is 4.46. The Hall–Kier alpha value is -1.66. The molecule has 2 atom stereocenters. The van der Waals surface area contributed by atoms with Gasteiger partial charge in [0.25, 0.3) is 0 Å². The Morgan fingerprint density at radius 2 is 1.96 bits per heavy atom. The molecule has 0 aromatic carbocycles. The van der Waals surface area contributed by atoms with Gasteiger partial charge in [-0.05, 0) is 32.1 Å². The third kappa shape index (κ3) is 4.43. The Labute approximate surface area is 160 Å². The summed E-state index contributed by atoms with van der Waals surface area (Å²) < 4.78 is 13.4. The topological polar surface area (TPSA) is 69.7 Å². The van der Waals surface area contributed by atoms with E-state index < -0.39 is 12.1 Å². The van der Waals surface area contributed by atoms with E-state index in [4.69, 9.17) is 0 Å². The number of halogens is 1. The van der Waals surface area contributed by atoms with E-state index in [1.807, 2.05) is 4.90 Å². The molecule has 1 N–H and O–H groups in total. The molecule has 7 heteroatoms. The highest BCUT2D eigenvalue weighted by Crippen LogP contribution is 2.41. The lowest BCUT2D eigenvalue weighted by Crippen LogP contribution is -2.54. The zero-order valence-corrected chi connectivity index (χ0v) is 16.3. The van der Waals surface area contributed by atoms with Gasteiger partial charge in [-0.1, -0.05) is 19.3 Å². The lowest BCUT2D eigenvalue weighted by molar-refractivity contribution is -0.140. The van der Waals surface area contributed by atoms with E-state index in [2.05, 4.69) is 5.32 Å². The predicted octanol–water partition coefficient (Wildman–Crippen LogP) is 2.02. The second-order valence-corrected chi connectivity index (χ2v) is 8.53. The van der Waals surface area contributed by atoms with E-state index in [-0.39, 0.29) is 29.8 Å². The molecule has 0 aromatic heterocycles. The normalized spacial score (nSPS) is 28.3. The number of amides is 3. The summed E-state index contributed by atoms with van der Waals surface area (Å²) in [6.07, 6.45) is 7.53. The minimum atomic E-state index is -0.829. The number of hydrogen-bond acceptors (Lipinski definition) is 3. The molecular weight excluding hydrogens is 349 g/mol. The molecule has 1 saturated carbocycles. The molecule has 0 spiro atoms. The average Bonchev–Trinajstić information content (AvgIpc) is 2.88. The second-order valence-electron chi connectivity index (χ2n) is 8.53. The van der Waals surface area contributed by atoms with Crippen LogP contribution < -0.4 is 5.32 Å². The molecule has 2 aliphatic heterocycles. The molecule has 3 aliphatic rings. The number of hydrogen-bond donors (Lipinski definition) is 1. The molecule has 2 heterocycles. The van der Waals surface area contributed by atoms with Crippen molar-refractivity contribution in [3.05, 3.63) is 0 Å². The van der Waals surface area contributed by atoms with Gasteiger partial charge in [0.05, 0.1) is 5.41 Å². The third-order valence-corrected chi connectivity index (χ3v) is 6.70. The number of nitrogens with zero attached hydrogens (tertiary/aromatic N) is 2. The Balaban J connectivity index is 1.58. The lowest BCUT2D eigenvalue weighted by atomic mass is 9.69. The molecule has 3 fully saturated rings. The summed E-state index contributed by atoms with van der Waals surface area (Å²) >= 11 is 0. The van der Waals surface area contributed by atoms with Crippen molar-refractivity contribution in [2.24, 2.45) is 5.41 Å². The Kier molecular flexibility index (Phi) is 6.37. The van der Waals surface area contributed by atoms with Gasteiger partial charge in [0, 0.05) is 45.1 Å². The summed E-state index contributed by atoms with van der Waals surface area (Å²) in [5.41, 5.74) is -0.829. The largest absolute Gasteiger partial charge is 0.351 e. The quantitative estimate of drug-likeness (QED) is 0.792. The first-order valence-electron chi connectivity index (χ1n) is 10.4. The van der Waals surface area contributed by atoms with Crippen LogP contribution >= 0.6 is 0 Å². The molecule has 6 nitrogen and oxygen atoms in total. The van der Waals surface area contributed by atoms with Gasteiger partial charge in [-0.2, -0.15) is 0 Å². The van der Waals surface area contributed by atoms with Crippen LogP contribution in [0.4, 0.5) is 4.39 Å². The summed E-state index contributed by atoms with van der Waals surface area (Å²) in [6.45, 7) is 0.567. The van der Waals surface area contributed by atoms with Crippen molar-refractivity contribution in [2.45, 2.75) is 76.3 Å². The molecule has 0 aromatic rings. The number of nitrogens with one attached hydrogen (secondary N) is 1. The van der Waals surface area contributed by atoms with E-state index in [1.54, 1.807) is 11.9 Å². The van der Waals surface area contributed by atoms with E-state index >= 15 is 0 Å². The highest BCUT2D eigenvalue weighted by Gasteiger charge is 2.45. The molecule has 3 rings (SSSR count). The smallest absolute Gasteiger partial charge is 0.229 e. The van der Waals surface area contributed by atoms with Gasteiger partial charge in [0.2, 0.25) is 17.7 Å². The first kappa shape index (κ1) is 20.1. The monoisotopic (exact) mass is 381 g/mol. The fraction of sp³-hybridized carbons (Fsp3) is 0.850. The summed E-state index contributed by atoms with van der Waals surface area (Å²) in [5.74, 6) is -0.0375. The van der Waals surface area contributed by atoms with Crippen molar-refractivity contribution < 1.29 is 18.8 Å². The van der Waals surface area contributed by atoms with Gasteiger partial charge in [-0.25, -0.2) is 4.39 Å². The number of carbonyl (C=O) groups is 3. The van der Waals surface area contributed by atoms with Crippen LogP contribution in [0.3, 0.4) is 0 Å². The van der Waals surface area contributed by atoms with Crippen LogP contribution in [-0.4, -0.2) is 66.4 Å². The standard InChI is InChI=1S/C20H32FN3O3/c1-23-16(7-8-17(23)25)12-18(26)24-11-4-2-3-6-15(13-24)22-19(27)20(14-21)9-5-10-20/h15-16H,2-14H2,1H3,(H,22,27).